The Balaban J connectivity index is 1.84. The standard InChI is InChI=1S/C10H10N6S2/c1-16-5-12-15-7(16)4-18-10-13-8(11)6-2-3-17-9(6)14-10/h2-3,5H,4H2,1H3,(H2,11,13,14). The van der Waals surface area contributed by atoms with Crippen LogP contribution >= 0.6 is 23.1 Å². The maximum Gasteiger partial charge on any atom is 0.191 e. The summed E-state index contributed by atoms with van der Waals surface area (Å²) in [7, 11) is 1.91. The average molecular weight is 278 g/mol. The molecule has 6 nitrogen and oxygen atoms in total. The van der Waals surface area contributed by atoms with Crippen molar-refractivity contribution in [2.45, 2.75) is 10.9 Å². The fourth-order valence-corrected chi connectivity index (χ4v) is 3.16. The van der Waals surface area contributed by atoms with Gasteiger partial charge in [-0.3, -0.25) is 0 Å². The Labute approximate surface area is 111 Å². The lowest BCUT2D eigenvalue weighted by atomic mass is 10.4. The number of nitrogens with zero attached hydrogens (tertiary/aromatic N) is 5. The van der Waals surface area contributed by atoms with Crippen LogP contribution in [0.1, 0.15) is 5.82 Å². The normalized spacial score (nSPS) is 11.2. The zero-order valence-corrected chi connectivity index (χ0v) is 11.2. The third-order valence-corrected chi connectivity index (χ3v) is 4.12. The fourth-order valence-electron chi connectivity index (χ4n) is 1.49. The molecule has 0 saturated carbocycles. The van der Waals surface area contributed by atoms with Crippen molar-refractivity contribution < 1.29 is 0 Å². The van der Waals surface area contributed by atoms with Crippen LogP contribution in [0.5, 0.6) is 0 Å². The van der Waals surface area contributed by atoms with E-state index in [2.05, 4.69) is 20.2 Å². The zero-order chi connectivity index (χ0) is 12.5. The van der Waals surface area contributed by atoms with Crippen molar-refractivity contribution in [1.82, 2.24) is 24.7 Å². The van der Waals surface area contributed by atoms with E-state index < -0.39 is 0 Å². The molecule has 0 amide bonds. The minimum absolute atomic E-state index is 0.529. The molecule has 3 rings (SSSR count). The summed E-state index contributed by atoms with van der Waals surface area (Å²) in [5.74, 6) is 2.09. The molecule has 0 aliphatic heterocycles. The highest BCUT2D eigenvalue weighted by Crippen LogP contribution is 2.27. The highest BCUT2D eigenvalue weighted by molar-refractivity contribution is 7.98. The van der Waals surface area contributed by atoms with Crippen molar-refractivity contribution in [2.24, 2.45) is 7.05 Å². The van der Waals surface area contributed by atoms with Crippen LogP contribution in [0.3, 0.4) is 0 Å². The molecule has 0 fully saturated rings. The molecule has 8 heteroatoms. The molecule has 0 saturated heterocycles. The average Bonchev–Trinajstić information content (AvgIpc) is 2.95. The molecule has 0 radical (unpaired) electrons. The number of nitrogens with two attached hydrogens (primary N) is 1. The zero-order valence-electron chi connectivity index (χ0n) is 9.57. The molecule has 0 spiro atoms. The van der Waals surface area contributed by atoms with Crippen LogP contribution in [0.2, 0.25) is 0 Å². The van der Waals surface area contributed by atoms with Crippen LogP contribution in [0, 0.1) is 0 Å². The predicted octanol–water partition coefficient (Wildman–Crippen LogP) is 1.69. The van der Waals surface area contributed by atoms with E-state index in [1.54, 1.807) is 17.7 Å². The van der Waals surface area contributed by atoms with Gasteiger partial charge in [0.05, 0.1) is 11.1 Å². The number of anilines is 1. The number of hydrogen-bond acceptors (Lipinski definition) is 7. The molecule has 3 heterocycles. The quantitative estimate of drug-likeness (QED) is 0.580. The van der Waals surface area contributed by atoms with Gasteiger partial charge >= 0.3 is 0 Å². The van der Waals surface area contributed by atoms with Crippen molar-refractivity contribution in [3.8, 4) is 0 Å². The molecular formula is C10H10N6S2. The molecule has 0 unspecified atom stereocenters. The van der Waals surface area contributed by atoms with Gasteiger partial charge < -0.3 is 10.3 Å². The van der Waals surface area contributed by atoms with Crippen LogP contribution in [0.25, 0.3) is 10.2 Å². The maximum atomic E-state index is 5.89. The minimum Gasteiger partial charge on any atom is -0.383 e. The number of aromatic nitrogens is 5. The molecule has 0 aliphatic rings. The van der Waals surface area contributed by atoms with E-state index in [-0.39, 0.29) is 0 Å². The van der Waals surface area contributed by atoms with E-state index in [1.165, 1.54) is 11.8 Å². The maximum absolute atomic E-state index is 5.89. The first kappa shape index (κ1) is 11.4. The summed E-state index contributed by atoms with van der Waals surface area (Å²) in [5, 5.41) is 11.4. The number of fused-ring (bicyclic) bond motifs is 1. The first-order valence-electron chi connectivity index (χ1n) is 5.20. The third kappa shape index (κ3) is 2.04. The second-order valence-corrected chi connectivity index (χ2v) is 5.51. The highest BCUT2D eigenvalue weighted by atomic mass is 32.2. The minimum atomic E-state index is 0.529. The summed E-state index contributed by atoms with van der Waals surface area (Å²) >= 11 is 3.07. The van der Waals surface area contributed by atoms with Crippen molar-refractivity contribution in [2.75, 3.05) is 5.73 Å². The summed E-state index contributed by atoms with van der Waals surface area (Å²) in [4.78, 5) is 9.66. The number of thioether (sulfide) groups is 1. The van der Waals surface area contributed by atoms with E-state index in [0.29, 0.717) is 16.7 Å². The lowest BCUT2D eigenvalue weighted by Gasteiger charge is -2.02. The van der Waals surface area contributed by atoms with Gasteiger partial charge in [-0.15, -0.1) is 21.5 Å². The fraction of sp³-hybridized carbons (Fsp3) is 0.200. The number of aryl methyl sites for hydroxylation is 1. The molecule has 0 aromatic carbocycles. The largest absolute Gasteiger partial charge is 0.383 e. The van der Waals surface area contributed by atoms with Gasteiger partial charge in [-0.05, 0) is 11.4 Å². The molecule has 0 bridgehead atoms. The van der Waals surface area contributed by atoms with Gasteiger partial charge in [0.15, 0.2) is 5.16 Å². The van der Waals surface area contributed by atoms with Crippen molar-refractivity contribution in [3.63, 3.8) is 0 Å². The lowest BCUT2D eigenvalue weighted by molar-refractivity contribution is 0.847. The Hall–Kier alpha value is -1.67. The van der Waals surface area contributed by atoms with Gasteiger partial charge in [-0.1, -0.05) is 11.8 Å². The summed E-state index contributed by atoms with van der Waals surface area (Å²) in [6.45, 7) is 0. The SMILES string of the molecule is Cn1cnnc1CSc1nc(N)c2ccsc2n1. The first-order chi connectivity index (χ1) is 8.74. The van der Waals surface area contributed by atoms with Crippen LogP contribution in [0.15, 0.2) is 22.9 Å². The van der Waals surface area contributed by atoms with Gasteiger partial charge in [0.2, 0.25) is 0 Å². The van der Waals surface area contributed by atoms with E-state index >= 15 is 0 Å². The Morgan fingerprint density at radius 3 is 3.11 bits per heavy atom. The van der Waals surface area contributed by atoms with Gasteiger partial charge in [0.25, 0.3) is 0 Å². The molecule has 0 atom stereocenters. The second kappa shape index (κ2) is 4.54. The van der Waals surface area contributed by atoms with Crippen molar-refractivity contribution >= 4 is 39.1 Å². The Bertz CT molecular complexity index is 689. The number of rotatable bonds is 3. The third-order valence-electron chi connectivity index (χ3n) is 2.47. The monoisotopic (exact) mass is 278 g/mol. The van der Waals surface area contributed by atoms with E-state index in [1.807, 2.05) is 23.1 Å². The molecule has 3 aromatic rings. The van der Waals surface area contributed by atoms with Crippen molar-refractivity contribution in [3.05, 3.63) is 23.6 Å². The topological polar surface area (TPSA) is 82.5 Å². The molecule has 3 aromatic heterocycles. The van der Waals surface area contributed by atoms with E-state index in [9.17, 15) is 0 Å². The number of nitrogen functional groups attached to an aromatic ring is 1. The van der Waals surface area contributed by atoms with Gasteiger partial charge in [0, 0.05) is 7.05 Å². The van der Waals surface area contributed by atoms with E-state index in [0.717, 1.165) is 16.0 Å². The van der Waals surface area contributed by atoms with Gasteiger partial charge in [0.1, 0.15) is 22.8 Å². The molecule has 92 valence electrons. The number of thiophene rings is 1. The van der Waals surface area contributed by atoms with Gasteiger partial charge in [-0.2, -0.15) is 0 Å². The predicted molar refractivity (Wildman–Crippen MR) is 72.4 cm³/mol. The lowest BCUT2D eigenvalue weighted by Crippen LogP contribution is -1.98. The summed E-state index contributed by atoms with van der Waals surface area (Å²) in [5.41, 5.74) is 5.89. The van der Waals surface area contributed by atoms with Crippen molar-refractivity contribution in [1.29, 1.82) is 0 Å². The van der Waals surface area contributed by atoms with Crippen LogP contribution in [-0.4, -0.2) is 24.7 Å². The smallest absolute Gasteiger partial charge is 0.191 e. The summed E-state index contributed by atoms with van der Waals surface area (Å²) in [6.07, 6.45) is 1.67. The highest BCUT2D eigenvalue weighted by Gasteiger charge is 2.08. The molecule has 0 aliphatic carbocycles. The van der Waals surface area contributed by atoms with E-state index in [4.69, 9.17) is 5.73 Å². The van der Waals surface area contributed by atoms with Crippen LogP contribution in [-0.2, 0) is 12.8 Å². The van der Waals surface area contributed by atoms with Crippen LogP contribution in [0.4, 0.5) is 5.82 Å². The summed E-state index contributed by atoms with van der Waals surface area (Å²) in [6, 6.07) is 1.94. The number of hydrogen-bond donors (Lipinski definition) is 1. The molecule has 2 N–H and O–H groups in total. The Kier molecular flexibility index (Phi) is 2.88. The van der Waals surface area contributed by atoms with Gasteiger partial charge in [-0.25, -0.2) is 9.97 Å². The molecular weight excluding hydrogens is 268 g/mol. The Morgan fingerprint density at radius 1 is 1.44 bits per heavy atom. The molecule has 18 heavy (non-hydrogen) atoms. The Morgan fingerprint density at radius 2 is 2.33 bits per heavy atom. The van der Waals surface area contributed by atoms with Crippen LogP contribution < -0.4 is 5.73 Å². The second-order valence-electron chi connectivity index (χ2n) is 3.68. The summed E-state index contributed by atoms with van der Waals surface area (Å²) < 4.78 is 1.88. The first-order valence-corrected chi connectivity index (χ1v) is 7.07.